The lowest BCUT2D eigenvalue weighted by molar-refractivity contribution is -0.111. The summed E-state index contributed by atoms with van der Waals surface area (Å²) >= 11 is 14.1. The van der Waals surface area contributed by atoms with Crippen LogP contribution in [0.3, 0.4) is 0 Å². The number of nitrogens with one attached hydrogen (secondary N) is 1. The van der Waals surface area contributed by atoms with Gasteiger partial charge < -0.3 is 14.8 Å². The zero-order chi connectivity index (χ0) is 27.4. The number of halogens is 2. The van der Waals surface area contributed by atoms with E-state index in [4.69, 9.17) is 37.7 Å². The molecular formula is C31H24Cl2N2O3S. The van der Waals surface area contributed by atoms with Crippen LogP contribution in [0.1, 0.15) is 16.7 Å². The lowest BCUT2D eigenvalue weighted by Crippen LogP contribution is -2.07. The number of anilines is 1. The van der Waals surface area contributed by atoms with Crippen LogP contribution >= 0.6 is 34.5 Å². The van der Waals surface area contributed by atoms with Gasteiger partial charge in [-0.2, -0.15) is 0 Å². The van der Waals surface area contributed by atoms with Crippen molar-refractivity contribution in [2.45, 2.75) is 13.5 Å². The van der Waals surface area contributed by atoms with Crippen LogP contribution in [0.5, 0.6) is 11.5 Å². The number of aryl methyl sites for hydroxylation is 1. The van der Waals surface area contributed by atoms with Gasteiger partial charge in [-0.05, 0) is 84.8 Å². The Hall–Kier alpha value is -3.84. The molecule has 5 rings (SSSR count). The molecule has 1 aromatic heterocycles. The van der Waals surface area contributed by atoms with Gasteiger partial charge in [-0.15, -0.1) is 11.3 Å². The van der Waals surface area contributed by atoms with Crippen molar-refractivity contribution in [2.24, 2.45) is 0 Å². The Bertz CT molecular complexity index is 1660. The number of benzene rings is 4. The van der Waals surface area contributed by atoms with Crippen LogP contribution in [-0.4, -0.2) is 18.0 Å². The number of thiazole rings is 1. The van der Waals surface area contributed by atoms with Crippen LogP contribution in [-0.2, 0) is 11.4 Å². The summed E-state index contributed by atoms with van der Waals surface area (Å²) in [6.45, 7) is 2.27. The second kappa shape index (κ2) is 11.9. The largest absolute Gasteiger partial charge is 0.493 e. The van der Waals surface area contributed by atoms with Gasteiger partial charge in [-0.3, -0.25) is 4.79 Å². The maximum Gasteiger partial charge on any atom is 0.248 e. The topological polar surface area (TPSA) is 60.5 Å². The Kier molecular flexibility index (Phi) is 8.17. The van der Waals surface area contributed by atoms with E-state index >= 15 is 0 Å². The van der Waals surface area contributed by atoms with E-state index in [-0.39, 0.29) is 12.5 Å². The van der Waals surface area contributed by atoms with Crippen LogP contribution in [0.15, 0.2) is 84.9 Å². The second-order valence-electron chi connectivity index (χ2n) is 8.79. The predicted octanol–water partition coefficient (Wildman–Crippen LogP) is 8.82. The van der Waals surface area contributed by atoms with Crippen molar-refractivity contribution in [3.05, 3.63) is 112 Å². The van der Waals surface area contributed by atoms with E-state index in [1.807, 2.05) is 36.4 Å². The molecule has 5 aromatic rings. The minimum atomic E-state index is -0.245. The molecule has 0 spiro atoms. The third-order valence-corrected chi connectivity index (χ3v) is 7.77. The molecule has 1 N–H and O–H groups in total. The molecule has 39 heavy (non-hydrogen) atoms. The summed E-state index contributed by atoms with van der Waals surface area (Å²) in [4.78, 5) is 17.3. The van der Waals surface area contributed by atoms with E-state index in [1.54, 1.807) is 54.9 Å². The van der Waals surface area contributed by atoms with E-state index in [0.29, 0.717) is 32.8 Å². The van der Waals surface area contributed by atoms with Crippen LogP contribution in [0.2, 0.25) is 10.0 Å². The number of nitrogens with zero attached hydrogens (tertiary/aromatic N) is 1. The van der Waals surface area contributed by atoms with Crippen molar-refractivity contribution in [1.29, 1.82) is 0 Å². The van der Waals surface area contributed by atoms with Gasteiger partial charge >= 0.3 is 0 Å². The number of methoxy groups -OCH3 is 1. The summed E-state index contributed by atoms with van der Waals surface area (Å²) in [6, 6.07) is 24.6. The van der Waals surface area contributed by atoms with Crippen molar-refractivity contribution in [1.82, 2.24) is 4.98 Å². The molecule has 0 fully saturated rings. The molecule has 196 valence electrons. The molecule has 0 aliphatic heterocycles. The Balaban J connectivity index is 1.21. The average Bonchev–Trinajstić information content (AvgIpc) is 3.35. The molecule has 5 nitrogen and oxygen atoms in total. The highest BCUT2D eigenvalue weighted by Crippen LogP contribution is 2.33. The Morgan fingerprint density at radius 2 is 1.74 bits per heavy atom. The zero-order valence-electron chi connectivity index (χ0n) is 21.2. The van der Waals surface area contributed by atoms with E-state index in [9.17, 15) is 4.79 Å². The molecule has 0 aliphatic rings. The smallest absolute Gasteiger partial charge is 0.248 e. The standard InChI is InChI=1S/C31H24Cl2N2O3S/c1-19-6-13-26-29(16-19)39-31(35-26)21-9-11-22(12-10-21)34-30(36)15-8-20-7-14-27(28(17-20)37-2)38-18-23-24(32)4-3-5-25(23)33/h3-17H,18H2,1-2H3,(H,34,36). The lowest BCUT2D eigenvalue weighted by Gasteiger charge is -2.13. The van der Waals surface area contributed by atoms with Crippen LogP contribution < -0.4 is 14.8 Å². The summed E-state index contributed by atoms with van der Waals surface area (Å²) in [5.74, 6) is 0.825. The monoisotopic (exact) mass is 574 g/mol. The Morgan fingerprint density at radius 3 is 2.49 bits per heavy atom. The third kappa shape index (κ3) is 6.42. The van der Waals surface area contributed by atoms with E-state index in [0.717, 1.165) is 26.4 Å². The Labute approximate surface area is 240 Å². The first-order valence-electron chi connectivity index (χ1n) is 12.1. The number of carbonyl (C=O) groups excluding carboxylic acids is 1. The maximum atomic E-state index is 12.5. The first-order valence-corrected chi connectivity index (χ1v) is 13.7. The summed E-state index contributed by atoms with van der Waals surface area (Å²) < 4.78 is 12.5. The Morgan fingerprint density at radius 1 is 0.974 bits per heavy atom. The molecule has 0 radical (unpaired) electrons. The number of hydrogen-bond acceptors (Lipinski definition) is 5. The minimum absolute atomic E-state index is 0.198. The molecule has 1 heterocycles. The quantitative estimate of drug-likeness (QED) is 0.188. The fourth-order valence-electron chi connectivity index (χ4n) is 3.93. The molecular weight excluding hydrogens is 551 g/mol. The lowest BCUT2D eigenvalue weighted by atomic mass is 10.1. The highest BCUT2D eigenvalue weighted by atomic mass is 35.5. The third-order valence-electron chi connectivity index (χ3n) is 5.99. The van der Waals surface area contributed by atoms with Gasteiger partial charge in [0.2, 0.25) is 5.91 Å². The van der Waals surface area contributed by atoms with Crippen molar-refractivity contribution < 1.29 is 14.3 Å². The number of aromatic nitrogens is 1. The van der Waals surface area contributed by atoms with Crippen molar-refractivity contribution in [3.63, 3.8) is 0 Å². The van der Waals surface area contributed by atoms with Gasteiger partial charge in [0.1, 0.15) is 11.6 Å². The fourth-order valence-corrected chi connectivity index (χ4v) is 5.51. The first-order chi connectivity index (χ1) is 18.9. The molecule has 8 heteroatoms. The van der Waals surface area contributed by atoms with Gasteiger partial charge in [-0.1, -0.05) is 41.4 Å². The highest BCUT2D eigenvalue weighted by molar-refractivity contribution is 7.21. The number of rotatable bonds is 8. The second-order valence-corrected chi connectivity index (χ2v) is 10.6. The summed E-state index contributed by atoms with van der Waals surface area (Å²) in [5.41, 5.74) is 5.39. The van der Waals surface area contributed by atoms with Crippen LogP contribution in [0.4, 0.5) is 5.69 Å². The molecule has 0 unspecified atom stereocenters. The highest BCUT2D eigenvalue weighted by Gasteiger charge is 2.10. The molecule has 0 bridgehead atoms. The van der Waals surface area contributed by atoms with E-state index in [1.165, 1.54) is 11.6 Å². The van der Waals surface area contributed by atoms with E-state index in [2.05, 4.69) is 24.4 Å². The number of ether oxygens (including phenoxy) is 2. The van der Waals surface area contributed by atoms with Crippen LogP contribution in [0.25, 0.3) is 26.9 Å². The summed E-state index contributed by atoms with van der Waals surface area (Å²) in [7, 11) is 1.56. The molecule has 1 amide bonds. The number of hydrogen-bond donors (Lipinski definition) is 1. The molecule has 4 aromatic carbocycles. The normalized spacial score (nSPS) is 11.2. The predicted molar refractivity (Wildman–Crippen MR) is 161 cm³/mol. The maximum absolute atomic E-state index is 12.5. The zero-order valence-corrected chi connectivity index (χ0v) is 23.5. The fraction of sp³-hybridized carbons (Fsp3) is 0.0968. The van der Waals surface area contributed by atoms with Crippen molar-refractivity contribution in [2.75, 3.05) is 12.4 Å². The van der Waals surface area contributed by atoms with Gasteiger partial charge in [0.15, 0.2) is 11.5 Å². The minimum Gasteiger partial charge on any atom is -0.493 e. The average molecular weight is 576 g/mol. The van der Waals surface area contributed by atoms with Gasteiger partial charge in [-0.25, -0.2) is 4.98 Å². The SMILES string of the molecule is COc1cc(C=CC(=O)Nc2ccc(-c3nc4ccc(C)cc4s3)cc2)ccc1OCc1c(Cl)cccc1Cl. The van der Waals surface area contributed by atoms with Gasteiger partial charge in [0, 0.05) is 32.9 Å². The van der Waals surface area contributed by atoms with Crippen molar-refractivity contribution in [3.8, 4) is 22.1 Å². The first kappa shape index (κ1) is 26.8. The molecule has 0 atom stereocenters. The summed E-state index contributed by atoms with van der Waals surface area (Å²) in [6.07, 6.45) is 3.19. The summed E-state index contributed by atoms with van der Waals surface area (Å²) in [5, 5.41) is 4.91. The van der Waals surface area contributed by atoms with Crippen molar-refractivity contribution >= 4 is 62.4 Å². The molecule has 0 saturated carbocycles. The number of amides is 1. The van der Waals surface area contributed by atoms with Crippen LogP contribution in [0, 0.1) is 6.92 Å². The number of carbonyl (C=O) groups is 1. The molecule has 0 saturated heterocycles. The van der Waals surface area contributed by atoms with Gasteiger partial charge in [0.25, 0.3) is 0 Å². The molecule has 0 aliphatic carbocycles. The number of fused-ring (bicyclic) bond motifs is 1. The van der Waals surface area contributed by atoms with E-state index < -0.39 is 0 Å². The van der Waals surface area contributed by atoms with Gasteiger partial charge in [0.05, 0.1) is 17.3 Å².